The molecule has 0 aromatic heterocycles. The number of rotatable bonds is 5. The molecule has 0 aliphatic heterocycles. The van der Waals surface area contributed by atoms with E-state index in [0.29, 0.717) is 12.5 Å². The molecule has 0 saturated carbocycles. The Balaban J connectivity index is 3.21. The van der Waals surface area contributed by atoms with E-state index in [1.54, 1.807) is 0 Å². The molecule has 0 spiro atoms. The lowest BCUT2D eigenvalue weighted by molar-refractivity contribution is 0.165. The molecule has 0 aliphatic carbocycles. The van der Waals surface area contributed by atoms with Crippen LogP contribution in [0.1, 0.15) is 0 Å². The summed E-state index contributed by atoms with van der Waals surface area (Å²) in [7, 11) is 1.47. The van der Waals surface area contributed by atoms with E-state index in [-0.39, 0.29) is 12.4 Å². The molecule has 0 N–H and O–H groups in total. The first kappa shape index (κ1) is 10.5. The zero-order valence-electron chi connectivity index (χ0n) is 5.22. The molecule has 0 heterocycles. The Morgan fingerprint density at radius 2 is 1.90 bits per heavy atom. The highest BCUT2D eigenvalue weighted by molar-refractivity contribution is 8.13. The Hall–Kier alpha value is 0.490. The molecule has 0 rings (SSSR count). The van der Waals surface area contributed by atoms with Crippen LogP contribution in [0.4, 0.5) is 0 Å². The van der Waals surface area contributed by atoms with Gasteiger partial charge in [-0.05, 0) is 0 Å². The van der Waals surface area contributed by atoms with E-state index in [1.807, 2.05) is 0 Å². The van der Waals surface area contributed by atoms with Gasteiger partial charge >= 0.3 is 0 Å². The van der Waals surface area contributed by atoms with Gasteiger partial charge < -0.3 is 4.74 Å². The quantitative estimate of drug-likeness (QED) is 0.380. The second-order valence-corrected chi connectivity index (χ2v) is 4.82. The van der Waals surface area contributed by atoms with Crippen molar-refractivity contribution in [2.24, 2.45) is 0 Å². The minimum atomic E-state index is -3.40. The molecule has 0 aromatic rings. The summed E-state index contributed by atoms with van der Waals surface area (Å²) in [6.07, 6.45) is 0. The van der Waals surface area contributed by atoms with Gasteiger partial charge in [0.05, 0.1) is 19.0 Å². The van der Waals surface area contributed by atoms with Crippen molar-refractivity contribution in [1.29, 1.82) is 0 Å². The minimum absolute atomic E-state index is 0.110. The number of alkyl halides is 1. The first-order chi connectivity index (χ1) is 4.56. The van der Waals surface area contributed by atoms with Gasteiger partial charge in [0.2, 0.25) is 9.05 Å². The van der Waals surface area contributed by atoms with Crippen LogP contribution in [0.2, 0.25) is 0 Å². The van der Waals surface area contributed by atoms with Crippen LogP contribution in [0.15, 0.2) is 0 Å². The second kappa shape index (κ2) is 5.18. The third-order valence-electron chi connectivity index (χ3n) is 0.693. The van der Waals surface area contributed by atoms with Crippen molar-refractivity contribution < 1.29 is 13.2 Å². The predicted octanol–water partition coefficient (Wildman–Crippen LogP) is 0.810. The molecule has 0 unspecified atom stereocenters. The summed E-state index contributed by atoms with van der Waals surface area (Å²) in [5, 5.41) is 0. The standard InChI is InChI=1S/C4H8Cl2O3S/c5-1-2-9-3-4-10(6,7)8/h1-4H2. The average Bonchev–Trinajstić information content (AvgIpc) is 1.78. The molecule has 0 aliphatic rings. The molecule has 6 heteroatoms. The summed E-state index contributed by atoms with van der Waals surface area (Å²) in [5.41, 5.74) is 0. The first-order valence-corrected chi connectivity index (χ1v) is 5.63. The zero-order chi connectivity index (χ0) is 8.04. The monoisotopic (exact) mass is 206 g/mol. The normalized spacial score (nSPS) is 11.8. The Bertz CT molecular complexity index is 165. The molecule has 0 radical (unpaired) electrons. The summed E-state index contributed by atoms with van der Waals surface area (Å²) in [6, 6.07) is 0. The second-order valence-electron chi connectivity index (χ2n) is 1.54. The lowest BCUT2D eigenvalue weighted by Gasteiger charge is -1.97. The van der Waals surface area contributed by atoms with E-state index in [2.05, 4.69) is 0 Å². The van der Waals surface area contributed by atoms with Gasteiger partial charge in [-0.15, -0.1) is 11.6 Å². The third kappa shape index (κ3) is 8.49. The Morgan fingerprint density at radius 1 is 1.30 bits per heavy atom. The molecule has 10 heavy (non-hydrogen) atoms. The van der Waals surface area contributed by atoms with Crippen LogP contribution >= 0.6 is 22.3 Å². The molecule has 62 valence electrons. The van der Waals surface area contributed by atoms with Gasteiger partial charge in [-0.25, -0.2) is 8.42 Å². The van der Waals surface area contributed by atoms with Crippen LogP contribution in [0.5, 0.6) is 0 Å². The van der Waals surface area contributed by atoms with Crippen molar-refractivity contribution in [2.45, 2.75) is 0 Å². The van der Waals surface area contributed by atoms with Crippen LogP contribution in [0.3, 0.4) is 0 Å². The lowest BCUT2D eigenvalue weighted by atomic mass is 10.8. The first-order valence-electron chi connectivity index (χ1n) is 2.62. The van der Waals surface area contributed by atoms with Crippen molar-refractivity contribution >= 4 is 31.3 Å². The molecule has 0 bridgehead atoms. The summed E-state index contributed by atoms with van der Waals surface area (Å²) in [4.78, 5) is 0. The number of hydrogen-bond donors (Lipinski definition) is 0. The maximum absolute atomic E-state index is 10.2. The highest BCUT2D eigenvalue weighted by Gasteiger charge is 2.03. The van der Waals surface area contributed by atoms with Gasteiger partial charge in [-0.2, -0.15) is 0 Å². The number of halogens is 2. The van der Waals surface area contributed by atoms with Gasteiger partial charge in [-0.1, -0.05) is 0 Å². The molecular formula is C4H8Cl2O3S. The third-order valence-corrected chi connectivity index (χ3v) is 1.96. The maximum atomic E-state index is 10.2. The van der Waals surface area contributed by atoms with Crippen LogP contribution in [0.25, 0.3) is 0 Å². The largest absolute Gasteiger partial charge is 0.379 e. The van der Waals surface area contributed by atoms with Gasteiger partial charge in [0, 0.05) is 16.6 Å². The van der Waals surface area contributed by atoms with Crippen molar-refractivity contribution in [2.75, 3.05) is 24.8 Å². The van der Waals surface area contributed by atoms with Gasteiger partial charge in [-0.3, -0.25) is 0 Å². The van der Waals surface area contributed by atoms with Crippen molar-refractivity contribution in [1.82, 2.24) is 0 Å². The summed E-state index contributed by atoms with van der Waals surface area (Å²) in [6.45, 7) is 0.465. The molecule has 0 amide bonds. The average molecular weight is 207 g/mol. The summed E-state index contributed by atoms with van der Waals surface area (Å²) < 4.78 is 25.3. The zero-order valence-corrected chi connectivity index (χ0v) is 7.55. The Kier molecular flexibility index (Phi) is 5.44. The fourth-order valence-corrected chi connectivity index (χ4v) is 0.930. The van der Waals surface area contributed by atoms with Crippen LogP contribution in [0, 0.1) is 0 Å². The molecular weight excluding hydrogens is 199 g/mol. The highest BCUT2D eigenvalue weighted by Crippen LogP contribution is 1.95. The van der Waals surface area contributed by atoms with E-state index in [4.69, 9.17) is 27.0 Å². The molecule has 0 fully saturated rings. The molecule has 3 nitrogen and oxygen atoms in total. The van der Waals surface area contributed by atoms with Crippen molar-refractivity contribution in [3.63, 3.8) is 0 Å². The van der Waals surface area contributed by atoms with E-state index in [1.165, 1.54) is 0 Å². The maximum Gasteiger partial charge on any atom is 0.234 e. The predicted molar refractivity (Wildman–Crippen MR) is 41.2 cm³/mol. The minimum Gasteiger partial charge on any atom is -0.379 e. The van der Waals surface area contributed by atoms with Gasteiger partial charge in [0.25, 0.3) is 0 Å². The van der Waals surface area contributed by atoms with Crippen LogP contribution in [-0.4, -0.2) is 33.3 Å². The van der Waals surface area contributed by atoms with E-state index in [0.717, 1.165) is 0 Å². The SMILES string of the molecule is O=S(=O)(Cl)CCOCCCl. The molecule has 0 atom stereocenters. The van der Waals surface area contributed by atoms with Crippen LogP contribution in [-0.2, 0) is 13.8 Å². The molecule has 0 saturated heterocycles. The van der Waals surface area contributed by atoms with Gasteiger partial charge in [0.1, 0.15) is 0 Å². The Labute approximate surface area is 69.7 Å². The van der Waals surface area contributed by atoms with Crippen molar-refractivity contribution in [3.05, 3.63) is 0 Å². The van der Waals surface area contributed by atoms with E-state index >= 15 is 0 Å². The topological polar surface area (TPSA) is 43.4 Å². The van der Waals surface area contributed by atoms with E-state index < -0.39 is 9.05 Å². The summed E-state index contributed by atoms with van der Waals surface area (Å²) >= 11 is 5.24. The van der Waals surface area contributed by atoms with Crippen molar-refractivity contribution in [3.8, 4) is 0 Å². The molecule has 0 aromatic carbocycles. The summed E-state index contributed by atoms with van der Waals surface area (Å²) in [5.74, 6) is 0.202. The number of hydrogen-bond acceptors (Lipinski definition) is 3. The highest BCUT2D eigenvalue weighted by atomic mass is 35.7. The lowest BCUT2D eigenvalue weighted by Crippen LogP contribution is -2.07. The fourth-order valence-electron chi connectivity index (χ4n) is 0.315. The Morgan fingerprint density at radius 3 is 2.30 bits per heavy atom. The van der Waals surface area contributed by atoms with E-state index in [9.17, 15) is 8.42 Å². The van der Waals surface area contributed by atoms with Gasteiger partial charge in [0.15, 0.2) is 0 Å². The fraction of sp³-hybridized carbons (Fsp3) is 1.00. The van der Waals surface area contributed by atoms with Crippen LogP contribution < -0.4 is 0 Å². The number of ether oxygens (including phenoxy) is 1. The smallest absolute Gasteiger partial charge is 0.234 e.